The Morgan fingerprint density at radius 1 is 1.07 bits per heavy atom. The summed E-state index contributed by atoms with van der Waals surface area (Å²) in [5.41, 5.74) is 4.06. The van der Waals surface area contributed by atoms with Gasteiger partial charge < -0.3 is 10.6 Å². The molecule has 27 heavy (non-hydrogen) atoms. The van der Waals surface area contributed by atoms with Crippen molar-refractivity contribution in [3.05, 3.63) is 75.5 Å². The van der Waals surface area contributed by atoms with Crippen LogP contribution in [0.25, 0.3) is 10.9 Å². The highest BCUT2D eigenvalue weighted by atomic mass is 16.6. The van der Waals surface area contributed by atoms with Crippen molar-refractivity contribution in [2.45, 2.75) is 13.8 Å². The maximum Gasteiger partial charge on any atom is 0.269 e. The van der Waals surface area contributed by atoms with Crippen molar-refractivity contribution in [2.75, 3.05) is 18.4 Å². The molecule has 7 nitrogen and oxygen atoms in total. The molecule has 1 aromatic heterocycles. The molecule has 3 aromatic rings. The number of carbonyl (C=O) groups is 1. The smallest absolute Gasteiger partial charge is 0.269 e. The third-order valence-electron chi connectivity index (χ3n) is 4.23. The Bertz CT molecular complexity index is 1000. The number of aromatic nitrogens is 1. The summed E-state index contributed by atoms with van der Waals surface area (Å²) >= 11 is 0. The molecule has 0 radical (unpaired) electrons. The van der Waals surface area contributed by atoms with E-state index in [4.69, 9.17) is 0 Å². The number of aryl methyl sites for hydroxylation is 2. The number of nitro groups is 1. The molecule has 0 atom stereocenters. The van der Waals surface area contributed by atoms with Crippen molar-refractivity contribution in [3.63, 3.8) is 0 Å². The number of carbonyl (C=O) groups excluding carboxylic acids is 1. The van der Waals surface area contributed by atoms with Crippen LogP contribution >= 0.6 is 0 Å². The lowest BCUT2D eigenvalue weighted by molar-refractivity contribution is -0.384. The average Bonchev–Trinajstić information content (AvgIpc) is 2.64. The highest BCUT2D eigenvalue weighted by Gasteiger charge is 2.11. The van der Waals surface area contributed by atoms with E-state index in [0.29, 0.717) is 24.3 Å². The Morgan fingerprint density at radius 2 is 1.81 bits per heavy atom. The number of hydrogen-bond acceptors (Lipinski definition) is 5. The van der Waals surface area contributed by atoms with Gasteiger partial charge >= 0.3 is 0 Å². The molecule has 0 saturated carbocycles. The molecule has 0 bridgehead atoms. The summed E-state index contributed by atoms with van der Waals surface area (Å²) in [6.45, 7) is 4.75. The van der Waals surface area contributed by atoms with Gasteiger partial charge in [0, 0.05) is 36.3 Å². The maximum absolute atomic E-state index is 12.5. The van der Waals surface area contributed by atoms with E-state index in [1.807, 2.05) is 38.1 Å². The number of benzene rings is 2. The molecule has 0 aliphatic heterocycles. The standard InChI is InChI=1S/C20H20N4O3/c1-13-3-4-15-12-18(14(2)23-19(15)11-13)20(25)22-10-9-21-16-5-7-17(8-6-16)24(26)27/h3-8,11-12,21H,9-10H2,1-2H3,(H,22,25). The molecular formula is C20H20N4O3. The van der Waals surface area contributed by atoms with Crippen LogP contribution in [0.3, 0.4) is 0 Å². The van der Waals surface area contributed by atoms with Gasteiger partial charge in [0.1, 0.15) is 0 Å². The number of fused-ring (bicyclic) bond motifs is 1. The van der Waals surface area contributed by atoms with Crippen LogP contribution in [0.1, 0.15) is 21.6 Å². The Labute approximate surface area is 156 Å². The molecular weight excluding hydrogens is 344 g/mol. The summed E-state index contributed by atoms with van der Waals surface area (Å²) in [7, 11) is 0. The summed E-state index contributed by atoms with van der Waals surface area (Å²) in [5.74, 6) is -0.173. The van der Waals surface area contributed by atoms with E-state index < -0.39 is 4.92 Å². The lowest BCUT2D eigenvalue weighted by atomic mass is 10.1. The number of hydrogen-bond donors (Lipinski definition) is 2. The number of non-ortho nitro benzene ring substituents is 1. The van der Waals surface area contributed by atoms with E-state index in [-0.39, 0.29) is 11.6 Å². The van der Waals surface area contributed by atoms with Crippen LogP contribution in [-0.2, 0) is 0 Å². The van der Waals surface area contributed by atoms with Gasteiger partial charge in [-0.1, -0.05) is 12.1 Å². The van der Waals surface area contributed by atoms with E-state index in [0.717, 1.165) is 22.2 Å². The molecule has 0 unspecified atom stereocenters. The SMILES string of the molecule is Cc1ccc2cc(C(=O)NCCNc3ccc([N+](=O)[O-])cc3)c(C)nc2c1. The van der Waals surface area contributed by atoms with Crippen LogP contribution in [0, 0.1) is 24.0 Å². The van der Waals surface area contributed by atoms with Crippen LogP contribution in [0.15, 0.2) is 48.5 Å². The van der Waals surface area contributed by atoms with Crippen LogP contribution in [0.5, 0.6) is 0 Å². The Kier molecular flexibility index (Phi) is 5.30. The normalized spacial score (nSPS) is 10.6. The fourth-order valence-corrected chi connectivity index (χ4v) is 2.78. The Morgan fingerprint density at radius 3 is 2.52 bits per heavy atom. The van der Waals surface area contributed by atoms with Crippen molar-refractivity contribution in [1.29, 1.82) is 0 Å². The first-order chi connectivity index (χ1) is 12.9. The number of anilines is 1. The van der Waals surface area contributed by atoms with Gasteiger partial charge in [-0.15, -0.1) is 0 Å². The van der Waals surface area contributed by atoms with E-state index in [1.54, 1.807) is 12.1 Å². The molecule has 0 aliphatic carbocycles. The second kappa shape index (κ2) is 7.82. The largest absolute Gasteiger partial charge is 0.383 e. The molecule has 0 aliphatic rings. The van der Waals surface area contributed by atoms with Crippen LogP contribution in [-0.4, -0.2) is 28.9 Å². The second-order valence-corrected chi connectivity index (χ2v) is 6.30. The van der Waals surface area contributed by atoms with Crippen LogP contribution in [0.2, 0.25) is 0 Å². The first-order valence-corrected chi connectivity index (χ1v) is 8.58. The van der Waals surface area contributed by atoms with Crippen LogP contribution in [0.4, 0.5) is 11.4 Å². The zero-order chi connectivity index (χ0) is 19.4. The molecule has 138 valence electrons. The van der Waals surface area contributed by atoms with E-state index in [9.17, 15) is 14.9 Å². The monoisotopic (exact) mass is 364 g/mol. The zero-order valence-electron chi connectivity index (χ0n) is 15.2. The molecule has 0 fully saturated rings. The quantitative estimate of drug-likeness (QED) is 0.396. The minimum absolute atomic E-state index is 0.0447. The number of nitro benzene ring substituents is 1. The van der Waals surface area contributed by atoms with E-state index in [2.05, 4.69) is 15.6 Å². The van der Waals surface area contributed by atoms with Gasteiger partial charge in [-0.25, -0.2) is 0 Å². The van der Waals surface area contributed by atoms with Gasteiger partial charge in [0.2, 0.25) is 0 Å². The third-order valence-corrected chi connectivity index (χ3v) is 4.23. The van der Waals surface area contributed by atoms with Crippen molar-refractivity contribution >= 4 is 28.2 Å². The van der Waals surface area contributed by atoms with Crippen molar-refractivity contribution in [2.24, 2.45) is 0 Å². The first-order valence-electron chi connectivity index (χ1n) is 8.58. The maximum atomic E-state index is 12.5. The molecule has 1 heterocycles. The van der Waals surface area contributed by atoms with Crippen molar-refractivity contribution in [3.8, 4) is 0 Å². The minimum Gasteiger partial charge on any atom is -0.383 e. The van der Waals surface area contributed by atoms with Gasteiger partial charge in [0.25, 0.3) is 11.6 Å². The molecule has 2 aromatic carbocycles. The van der Waals surface area contributed by atoms with Crippen molar-refractivity contribution in [1.82, 2.24) is 10.3 Å². The van der Waals surface area contributed by atoms with E-state index in [1.165, 1.54) is 12.1 Å². The molecule has 0 saturated heterocycles. The summed E-state index contributed by atoms with van der Waals surface area (Å²) in [5, 5.41) is 17.6. The van der Waals surface area contributed by atoms with E-state index >= 15 is 0 Å². The second-order valence-electron chi connectivity index (χ2n) is 6.30. The molecule has 2 N–H and O–H groups in total. The number of pyridine rings is 1. The predicted octanol–water partition coefficient (Wildman–Crippen LogP) is 3.60. The van der Waals surface area contributed by atoms with Crippen molar-refractivity contribution < 1.29 is 9.72 Å². The summed E-state index contributed by atoms with van der Waals surface area (Å²) < 4.78 is 0. The molecule has 7 heteroatoms. The average molecular weight is 364 g/mol. The number of nitrogens with one attached hydrogen (secondary N) is 2. The minimum atomic E-state index is -0.439. The zero-order valence-corrected chi connectivity index (χ0v) is 15.2. The summed E-state index contributed by atoms with van der Waals surface area (Å²) in [6.07, 6.45) is 0. The van der Waals surface area contributed by atoms with Gasteiger partial charge in [0.05, 0.1) is 21.7 Å². The summed E-state index contributed by atoms with van der Waals surface area (Å²) in [4.78, 5) is 27.2. The number of rotatable bonds is 6. The van der Waals surface area contributed by atoms with Gasteiger partial charge in [0.15, 0.2) is 0 Å². The van der Waals surface area contributed by atoms with Gasteiger partial charge in [-0.05, 0) is 43.7 Å². The lowest BCUT2D eigenvalue weighted by Crippen LogP contribution is -2.29. The van der Waals surface area contributed by atoms with Gasteiger partial charge in [-0.3, -0.25) is 19.9 Å². The highest BCUT2D eigenvalue weighted by Crippen LogP contribution is 2.18. The highest BCUT2D eigenvalue weighted by molar-refractivity contribution is 5.98. The Balaban J connectivity index is 1.57. The molecule has 3 rings (SSSR count). The fourth-order valence-electron chi connectivity index (χ4n) is 2.78. The van der Waals surface area contributed by atoms with Gasteiger partial charge in [-0.2, -0.15) is 0 Å². The summed E-state index contributed by atoms with van der Waals surface area (Å²) in [6, 6.07) is 14.0. The number of nitrogens with zero attached hydrogens (tertiary/aromatic N) is 2. The first kappa shape index (κ1) is 18.3. The topological polar surface area (TPSA) is 97.2 Å². The third kappa shape index (κ3) is 4.38. The predicted molar refractivity (Wildman–Crippen MR) is 105 cm³/mol. The number of amides is 1. The fraction of sp³-hybridized carbons (Fsp3) is 0.200. The Hall–Kier alpha value is -3.48. The van der Waals surface area contributed by atoms with Crippen LogP contribution < -0.4 is 10.6 Å². The molecule has 1 amide bonds. The molecule has 0 spiro atoms. The lowest BCUT2D eigenvalue weighted by Gasteiger charge is -2.10.